The summed E-state index contributed by atoms with van der Waals surface area (Å²) in [5, 5.41) is 0. The number of hydrogen-bond donors (Lipinski definition) is 0. The molecule has 0 saturated carbocycles. The van der Waals surface area contributed by atoms with Crippen molar-refractivity contribution >= 4 is 11.6 Å². The van der Waals surface area contributed by atoms with Crippen molar-refractivity contribution in [1.29, 1.82) is 0 Å². The molecule has 3 heteroatoms. The van der Waals surface area contributed by atoms with Gasteiger partial charge >= 0.3 is 0 Å². The molecule has 0 aliphatic carbocycles. The van der Waals surface area contributed by atoms with Crippen LogP contribution in [0.1, 0.15) is 12.0 Å². The van der Waals surface area contributed by atoms with Crippen LogP contribution in [0.3, 0.4) is 0 Å². The van der Waals surface area contributed by atoms with Crippen LogP contribution < -0.4 is 9.47 Å². The van der Waals surface area contributed by atoms with E-state index in [4.69, 9.17) is 21.1 Å². The zero-order valence-electron chi connectivity index (χ0n) is 8.55. The first-order chi connectivity index (χ1) is 6.83. The summed E-state index contributed by atoms with van der Waals surface area (Å²) in [5.41, 5.74) is 1.15. The van der Waals surface area contributed by atoms with Gasteiger partial charge in [-0.15, -0.1) is 11.6 Å². The molecule has 0 radical (unpaired) electrons. The van der Waals surface area contributed by atoms with Crippen molar-refractivity contribution in [3.63, 3.8) is 0 Å². The van der Waals surface area contributed by atoms with E-state index in [9.17, 15) is 0 Å². The molecular weight excluding hydrogens is 200 g/mol. The van der Waals surface area contributed by atoms with Crippen LogP contribution in [0.15, 0.2) is 18.2 Å². The maximum absolute atomic E-state index is 5.65. The van der Waals surface area contributed by atoms with Gasteiger partial charge in [-0.2, -0.15) is 0 Å². The highest BCUT2D eigenvalue weighted by Gasteiger charge is 2.08. The van der Waals surface area contributed by atoms with E-state index >= 15 is 0 Å². The number of para-hydroxylation sites is 1. The molecule has 0 heterocycles. The molecule has 0 bridgehead atoms. The lowest BCUT2D eigenvalue weighted by atomic mass is 10.1. The van der Waals surface area contributed by atoms with Crippen LogP contribution in [0.25, 0.3) is 0 Å². The summed E-state index contributed by atoms with van der Waals surface area (Å²) in [6, 6.07) is 5.89. The SMILES string of the molecule is COc1cccc(CCCCl)c1OC. The molecule has 0 fully saturated rings. The number of methoxy groups -OCH3 is 2. The average molecular weight is 215 g/mol. The topological polar surface area (TPSA) is 18.5 Å². The summed E-state index contributed by atoms with van der Waals surface area (Å²) in [5.74, 6) is 2.26. The smallest absolute Gasteiger partial charge is 0.163 e. The van der Waals surface area contributed by atoms with Gasteiger partial charge in [-0.25, -0.2) is 0 Å². The van der Waals surface area contributed by atoms with E-state index in [2.05, 4.69) is 0 Å². The van der Waals surface area contributed by atoms with Crippen LogP contribution in [0.2, 0.25) is 0 Å². The zero-order chi connectivity index (χ0) is 10.4. The van der Waals surface area contributed by atoms with Crippen LogP contribution >= 0.6 is 11.6 Å². The molecule has 0 spiro atoms. The number of rotatable bonds is 5. The van der Waals surface area contributed by atoms with Crippen molar-refractivity contribution in [3.05, 3.63) is 23.8 Å². The summed E-state index contributed by atoms with van der Waals surface area (Å²) >= 11 is 5.65. The molecule has 1 rings (SSSR count). The lowest BCUT2D eigenvalue weighted by Gasteiger charge is -2.11. The molecule has 0 aliphatic rings. The van der Waals surface area contributed by atoms with Crippen molar-refractivity contribution in [3.8, 4) is 11.5 Å². The first-order valence-electron chi connectivity index (χ1n) is 4.59. The Morgan fingerprint density at radius 3 is 2.57 bits per heavy atom. The molecular formula is C11H15ClO2. The van der Waals surface area contributed by atoms with Gasteiger partial charge in [0.15, 0.2) is 11.5 Å². The number of ether oxygens (including phenoxy) is 2. The van der Waals surface area contributed by atoms with Crippen molar-refractivity contribution in [1.82, 2.24) is 0 Å². The normalized spacial score (nSPS) is 9.93. The highest BCUT2D eigenvalue weighted by atomic mass is 35.5. The Bertz CT molecular complexity index is 287. The molecule has 0 unspecified atom stereocenters. The number of aryl methyl sites for hydroxylation is 1. The second-order valence-electron chi connectivity index (χ2n) is 2.95. The van der Waals surface area contributed by atoms with E-state index < -0.39 is 0 Å². The summed E-state index contributed by atoms with van der Waals surface area (Å²) in [6.07, 6.45) is 1.87. The fraction of sp³-hybridized carbons (Fsp3) is 0.455. The highest BCUT2D eigenvalue weighted by molar-refractivity contribution is 6.17. The molecule has 78 valence electrons. The van der Waals surface area contributed by atoms with E-state index in [0.717, 1.165) is 29.9 Å². The van der Waals surface area contributed by atoms with E-state index in [1.54, 1.807) is 14.2 Å². The zero-order valence-corrected chi connectivity index (χ0v) is 9.30. The number of halogens is 1. The fourth-order valence-corrected chi connectivity index (χ4v) is 1.54. The molecule has 0 N–H and O–H groups in total. The van der Waals surface area contributed by atoms with Gasteiger partial charge in [-0.05, 0) is 24.5 Å². The molecule has 0 aromatic heterocycles. The van der Waals surface area contributed by atoms with Gasteiger partial charge in [0.05, 0.1) is 14.2 Å². The molecule has 1 aromatic carbocycles. The Morgan fingerprint density at radius 2 is 2.00 bits per heavy atom. The Hall–Kier alpha value is -0.890. The van der Waals surface area contributed by atoms with Crippen molar-refractivity contribution in [2.24, 2.45) is 0 Å². The third kappa shape index (κ3) is 2.55. The average Bonchev–Trinajstić information content (AvgIpc) is 2.25. The maximum Gasteiger partial charge on any atom is 0.163 e. The van der Waals surface area contributed by atoms with Crippen LogP contribution in [-0.4, -0.2) is 20.1 Å². The standard InChI is InChI=1S/C11H15ClO2/c1-13-10-7-3-5-9(6-4-8-12)11(10)14-2/h3,5,7H,4,6,8H2,1-2H3. The van der Waals surface area contributed by atoms with Gasteiger partial charge in [-0.3, -0.25) is 0 Å². The van der Waals surface area contributed by atoms with Gasteiger partial charge in [0, 0.05) is 5.88 Å². The maximum atomic E-state index is 5.65. The number of hydrogen-bond acceptors (Lipinski definition) is 2. The molecule has 2 nitrogen and oxygen atoms in total. The van der Waals surface area contributed by atoms with E-state index in [1.807, 2.05) is 18.2 Å². The molecule has 0 amide bonds. The minimum Gasteiger partial charge on any atom is -0.493 e. The Balaban J connectivity index is 2.90. The highest BCUT2D eigenvalue weighted by Crippen LogP contribution is 2.31. The Kier molecular flexibility index (Phi) is 4.60. The molecule has 14 heavy (non-hydrogen) atoms. The summed E-state index contributed by atoms with van der Waals surface area (Å²) in [7, 11) is 3.30. The van der Waals surface area contributed by atoms with Crippen LogP contribution in [0, 0.1) is 0 Å². The van der Waals surface area contributed by atoms with E-state index in [-0.39, 0.29) is 0 Å². The molecule has 0 saturated heterocycles. The molecule has 1 aromatic rings. The first kappa shape index (κ1) is 11.2. The van der Waals surface area contributed by atoms with Crippen LogP contribution in [0.4, 0.5) is 0 Å². The van der Waals surface area contributed by atoms with E-state index in [0.29, 0.717) is 5.88 Å². The quantitative estimate of drug-likeness (QED) is 0.702. The number of alkyl halides is 1. The lowest BCUT2D eigenvalue weighted by molar-refractivity contribution is 0.351. The summed E-state index contributed by atoms with van der Waals surface area (Å²) in [6.45, 7) is 0. The van der Waals surface area contributed by atoms with Crippen LogP contribution in [0.5, 0.6) is 11.5 Å². The van der Waals surface area contributed by atoms with Gasteiger partial charge in [0.2, 0.25) is 0 Å². The largest absolute Gasteiger partial charge is 0.493 e. The predicted molar refractivity (Wildman–Crippen MR) is 58.6 cm³/mol. The second kappa shape index (κ2) is 5.76. The lowest BCUT2D eigenvalue weighted by Crippen LogP contribution is -1.96. The van der Waals surface area contributed by atoms with Gasteiger partial charge in [0.1, 0.15) is 0 Å². The Morgan fingerprint density at radius 1 is 1.21 bits per heavy atom. The monoisotopic (exact) mass is 214 g/mol. The van der Waals surface area contributed by atoms with Gasteiger partial charge in [-0.1, -0.05) is 12.1 Å². The van der Waals surface area contributed by atoms with Gasteiger partial charge in [0.25, 0.3) is 0 Å². The van der Waals surface area contributed by atoms with Crippen molar-refractivity contribution < 1.29 is 9.47 Å². The van der Waals surface area contributed by atoms with Crippen molar-refractivity contribution in [2.75, 3.05) is 20.1 Å². The van der Waals surface area contributed by atoms with Gasteiger partial charge < -0.3 is 9.47 Å². The number of benzene rings is 1. The second-order valence-corrected chi connectivity index (χ2v) is 3.32. The van der Waals surface area contributed by atoms with Crippen LogP contribution in [-0.2, 0) is 6.42 Å². The third-order valence-corrected chi connectivity index (χ3v) is 2.33. The molecule has 0 atom stereocenters. The first-order valence-corrected chi connectivity index (χ1v) is 5.12. The predicted octanol–water partition coefficient (Wildman–Crippen LogP) is 2.88. The minimum absolute atomic E-state index is 0.667. The fourth-order valence-electron chi connectivity index (χ4n) is 1.41. The Labute approximate surface area is 89.8 Å². The van der Waals surface area contributed by atoms with E-state index in [1.165, 1.54) is 0 Å². The summed E-state index contributed by atoms with van der Waals surface area (Å²) in [4.78, 5) is 0. The summed E-state index contributed by atoms with van der Waals surface area (Å²) < 4.78 is 10.5. The van der Waals surface area contributed by atoms with Crippen molar-refractivity contribution in [2.45, 2.75) is 12.8 Å². The third-order valence-electron chi connectivity index (χ3n) is 2.06. The molecule has 0 aliphatic heterocycles. The minimum atomic E-state index is 0.667.